The number of benzene rings is 1. The molecule has 1 aromatic carbocycles. The average Bonchev–Trinajstić information content (AvgIpc) is 3.21. The Bertz CT molecular complexity index is 707. The molecule has 0 fully saturated rings. The SMILES string of the molecule is CCCCn1nnnc1CSc1n[nH]c(-c2ccccc2)n1. The standard InChI is InChI=1S/C14H17N7S/c1-2-3-9-21-12(16-19-20-21)10-22-14-15-13(17-18-14)11-7-5-4-6-8-11/h4-8H,2-3,9-10H2,1H3,(H,15,17,18). The fourth-order valence-electron chi connectivity index (χ4n) is 1.97. The highest BCUT2D eigenvalue weighted by atomic mass is 32.2. The predicted octanol–water partition coefficient (Wildman–Crippen LogP) is 2.55. The van der Waals surface area contributed by atoms with Gasteiger partial charge in [0.15, 0.2) is 11.6 Å². The second kappa shape index (κ2) is 7.17. The van der Waals surface area contributed by atoms with E-state index in [-0.39, 0.29) is 0 Å². The second-order valence-electron chi connectivity index (χ2n) is 4.79. The number of aromatic nitrogens is 7. The summed E-state index contributed by atoms with van der Waals surface area (Å²) in [5.41, 5.74) is 1.02. The summed E-state index contributed by atoms with van der Waals surface area (Å²) in [5, 5.41) is 19.7. The molecule has 22 heavy (non-hydrogen) atoms. The fourth-order valence-corrected chi connectivity index (χ4v) is 2.70. The van der Waals surface area contributed by atoms with Crippen molar-refractivity contribution in [2.45, 2.75) is 37.2 Å². The van der Waals surface area contributed by atoms with E-state index in [1.54, 1.807) is 0 Å². The molecular formula is C14H17N7S. The average molecular weight is 315 g/mol. The van der Waals surface area contributed by atoms with Gasteiger partial charge in [-0.3, -0.25) is 5.10 Å². The molecule has 2 aromatic heterocycles. The summed E-state index contributed by atoms with van der Waals surface area (Å²) >= 11 is 1.52. The Morgan fingerprint density at radius 3 is 2.91 bits per heavy atom. The molecule has 0 atom stereocenters. The van der Waals surface area contributed by atoms with E-state index in [0.717, 1.165) is 36.6 Å². The van der Waals surface area contributed by atoms with Crippen molar-refractivity contribution in [2.75, 3.05) is 0 Å². The molecule has 7 nitrogen and oxygen atoms in total. The lowest BCUT2D eigenvalue weighted by Crippen LogP contribution is -2.05. The Hall–Kier alpha value is -2.22. The molecule has 114 valence electrons. The van der Waals surface area contributed by atoms with Gasteiger partial charge in [-0.1, -0.05) is 55.4 Å². The third-order valence-corrected chi connectivity index (χ3v) is 4.02. The molecule has 0 radical (unpaired) electrons. The predicted molar refractivity (Wildman–Crippen MR) is 84.1 cm³/mol. The normalized spacial score (nSPS) is 11.0. The van der Waals surface area contributed by atoms with Crippen LogP contribution < -0.4 is 0 Å². The minimum absolute atomic E-state index is 0.656. The highest BCUT2D eigenvalue weighted by Crippen LogP contribution is 2.21. The van der Waals surface area contributed by atoms with Crippen molar-refractivity contribution in [3.05, 3.63) is 36.2 Å². The number of hydrogen-bond acceptors (Lipinski definition) is 6. The van der Waals surface area contributed by atoms with Crippen molar-refractivity contribution < 1.29 is 0 Å². The van der Waals surface area contributed by atoms with E-state index in [1.165, 1.54) is 11.8 Å². The van der Waals surface area contributed by atoms with Gasteiger partial charge >= 0.3 is 0 Å². The van der Waals surface area contributed by atoms with Crippen LogP contribution in [-0.4, -0.2) is 35.4 Å². The molecule has 1 N–H and O–H groups in total. The largest absolute Gasteiger partial charge is 0.258 e. The minimum atomic E-state index is 0.656. The Balaban J connectivity index is 1.63. The highest BCUT2D eigenvalue weighted by Gasteiger charge is 2.10. The van der Waals surface area contributed by atoms with Gasteiger partial charge in [-0.25, -0.2) is 9.67 Å². The molecular weight excluding hydrogens is 298 g/mol. The van der Waals surface area contributed by atoms with Gasteiger partial charge in [0.05, 0.1) is 5.75 Å². The first-order chi connectivity index (χ1) is 10.9. The lowest BCUT2D eigenvalue weighted by molar-refractivity contribution is 0.540. The summed E-state index contributed by atoms with van der Waals surface area (Å²) in [7, 11) is 0. The van der Waals surface area contributed by atoms with Crippen molar-refractivity contribution in [1.29, 1.82) is 0 Å². The number of aryl methyl sites for hydroxylation is 1. The number of H-pyrrole nitrogens is 1. The number of tetrazole rings is 1. The van der Waals surface area contributed by atoms with Crippen molar-refractivity contribution in [3.8, 4) is 11.4 Å². The third kappa shape index (κ3) is 3.51. The molecule has 0 aliphatic heterocycles. The van der Waals surface area contributed by atoms with Gasteiger partial charge in [0.1, 0.15) is 0 Å². The number of unbranched alkanes of at least 4 members (excludes halogenated alkanes) is 1. The zero-order valence-electron chi connectivity index (χ0n) is 12.3. The zero-order chi connectivity index (χ0) is 15.2. The maximum absolute atomic E-state index is 4.49. The molecule has 3 rings (SSSR count). The van der Waals surface area contributed by atoms with Gasteiger partial charge in [-0.05, 0) is 16.8 Å². The smallest absolute Gasteiger partial charge is 0.209 e. The summed E-state index contributed by atoms with van der Waals surface area (Å²) in [5.74, 6) is 2.28. The van der Waals surface area contributed by atoms with Gasteiger partial charge in [0.2, 0.25) is 5.16 Å². The maximum atomic E-state index is 4.49. The second-order valence-corrected chi connectivity index (χ2v) is 5.74. The van der Waals surface area contributed by atoms with Gasteiger partial charge in [0.25, 0.3) is 0 Å². The maximum Gasteiger partial charge on any atom is 0.209 e. The molecule has 8 heteroatoms. The van der Waals surface area contributed by atoms with Crippen molar-refractivity contribution in [1.82, 2.24) is 35.4 Å². The lowest BCUT2D eigenvalue weighted by Gasteiger charge is -2.01. The summed E-state index contributed by atoms with van der Waals surface area (Å²) in [6.07, 6.45) is 2.19. The van der Waals surface area contributed by atoms with Crippen LogP contribution in [0.5, 0.6) is 0 Å². The molecule has 0 spiro atoms. The first-order valence-electron chi connectivity index (χ1n) is 7.22. The number of thioether (sulfide) groups is 1. The number of nitrogens with zero attached hydrogens (tertiary/aromatic N) is 6. The molecule has 0 saturated heterocycles. The van der Waals surface area contributed by atoms with E-state index in [2.05, 4.69) is 37.6 Å². The summed E-state index contributed by atoms with van der Waals surface area (Å²) in [6.45, 7) is 3.00. The summed E-state index contributed by atoms with van der Waals surface area (Å²) < 4.78 is 1.85. The summed E-state index contributed by atoms with van der Waals surface area (Å²) in [6, 6.07) is 9.94. The van der Waals surface area contributed by atoms with Gasteiger partial charge in [-0.2, -0.15) is 0 Å². The third-order valence-electron chi connectivity index (χ3n) is 3.17. The quantitative estimate of drug-likeness (QED) is 0.674. The van der Waals surface area contributed by atoms with Crippen LogP contribution in [0.1, 0.15) is 25.6 Å². The van der Waals surface area contributed by atoms with Crippen LogP contribution in [0.25, 0.3) is 11.4 Å². The topological polar surface area (TPSA) is 85.2 Å². The molecule has 0 amide bonds. The number of aromatic amines is 1. The van der Waals surface area contributed by atoms with Gasteiger partial charge < -0.3 is 0 Å². The number of nitrogens with one attached hydrogen (secondary N) is 1. The van der Waals surface area contributed by atoms with Crippen LogP contribution in [-0.2, 0) is 12.3 Å². The highest BCUT2D eigenvalue weighted by molar-refractivity contribution is 7.98. The minimum Gasteiger partial charge on any atom is -0.258 e. The molecule has 0 bridgehead atoms. The van der Waals surface area contributed by atoms with Crippen LogP contribution in [0.4, 0.5) is 0 Å². The molecule has 0 aliphatic carbocycles. The van der Waals surface area contributed by atoms with E-state index in [1.807, 2.05) is 35.0 Å². The lowest BCUT2D eigenvalue weighted by atomic mass is 10.2. The van der Waals surface area contributed by atoms with E-state index in [0.29, 0.717) is 10.9 Å². The van der Waals surface area contributed by atoms with Gasteiger partial charge in [-0.15, -0.1) is 10.2 Å². The monoisotopic (exact) mass is 315 g/mol. The van der Waals surface area contributed by atoms with E-state index >= 15 is 0 Å². The fraction of sp³-hybridized carbons (Fsp3) is 0.357. The Morgan fingerprint density at radius 2 is 2.09 bits per heavy atom. The van der Waals surface area contributed by atoms with Crippen LogP contribution in [0.15, 0.2) is 35.5 Å². The Labute approximate surface area is 132 Å². The molecule has 3 aromatic rings. The van der Waals surface area contributed by atoms with Crippen molar-refractivity contribution in [2.24, 2.45) is 0 Å². The van der Waals surface area contributed by atoms with E-state index < -0.39 is 0 Å². The molecule has 2 heterocycles. The Morgan fingerprint density at radius 1 is 1.23 bits per heavy atom. The molecule has 0 unspecified atom stereocenters. The van der Waals surface area contributed by atoms with Crippen molar-refractivity contribution in [3.63, 3.8) is 0 Å². The van der Waals surface area contributed by atoms with E-state index in [9.17, 15) is 0 Å². The zero-order valence-corrected chi connectivity index (χ0v) is 13.1. The first-order valence-corrected chi connectivity index (χ1v) is 8.21. The molecule has 0 saturated carbocycles. The Kier molecular flexibility index (Phi) is 4.79. The van der Waals surface area contributed by atoms with Crippen LogP contribution >= 0.6 is 11.8 Å². The van der Waals surface area contributed by atoms with Crippen LogP contribution in [0.2, 0.25) is 0 Å². The van der Waals surface area contributed by atoms with Gasteiger partial charge in [0, 0.05) is 12.1 Å². The number of hydrogen-bond donors (Lipinski definition) is 1. The van der Waals surface area contributed by atoms with Crippen molar-refractivity contribution >= 4 is 11.8 Å². The van der Waals surface area contributed by atoms with Crippen LogP contribution in [0, 0.1) is 0 Å². The van der Waals surface area contributed by atoms with Crippen LogP contribution in [0.3, 0.4) is 0 Å². The summed E-state index contributed by atoms with van der Waals surface area (Å²) in [4.78, 5) is 4.49. The van der Waals surface area contributed by atoms with E-state index in [4.69, 9.17) is 0 Å². The number of rotatable bonds is 7. The first kappa shape index (κ1) is 14.7. The molecule has 0 aliphatic rings.